The highest BCUT2D eigenvalue weighted by molar-refractivity contribution is 6.76. The van der Waals surface area contributed by atoms with Crippen molar-refractivity contribution in [3.63, 3.8) is 0 Å². The van der Waals surface area contributed by atoms with E-state index in [-0.39, 0.29) is 11.0 Å². The third-order valence-corrected chi connectivity index (χ3v) is 8.03. The second-order valence-corrected chi connectivity index (χ2v) is 15.2. The molecular weight excluding hydrogens is 304 g/mol. The molecule has 0 spiro atoms. The maximum Gasteiger partial charge on any atom is 0.147 e. The summed E-state index contributed by atoms with van der Waals surface area (Å²) in [5.41, 5.74) is -0.967. The molecule has 2 aliphatic carbocycles. The van der Waals surface area contributed by atoms with E-state index in [1.54, 1.807) is 0 Å². The van der Waals surface area contributed by atoms with Crippen LogP contribution in [0.1, 0.15) is 65.2 Å². The largest absolute Gasteiger partial charge is 0.390 e. The zero-order valence-corrected chi connectivity index (χ0v) is 17.0. The van der Waals surface area contributed by atoms with Crippen molar-refractivity contribution in [1.82, 2.24) is 0 Å². The highest BCUT2D eigenvalue weighted by Crippen LogP contribution is 2.60. The lowest BCUT2D eigenvalue weighted by atomic mass is 9.50. The lowest BCUT2D eigenvalue weighted by molar-refractivity contribution is -0.270. The van der Waals surface area contributed by atoms with Gasteiger partial charge in [0.15, 0.2) is 0 Å². The van der Waals surface area contributed by atoms with E-state index in [0.29, 0.717) is 6.79 Å². The predicted octanol–water partition coefficient (Wildman–Crippen LogP) is 4.96. The van der Waals surface area contributed by atoms with Crippen LogP contribution in [0.25, 0.3) is 0 Å². The Kier molecular flexibility index (Phi) is 6.03. The molecule has 2 saturated carbocycles. The summed E-state index contributed by atoms with van der Waals surface area (Å²) in [6, 6.07) is 1.18. The third-order valence-electron chi connectivity index (χ3n) is 6.33. The fourth-order valence-electron chi connectivity index (χ4n) is 4.90. The summed E-state index contributed by atoms with van der Waals surface area (Å²) >= 11 is 0. The van der Waals surface area contributed by atoms with Crippen molar-refractivity contribution in [3.8, 4) is 0 Å². The van der Waals surface area contributed by atoms with Crippen molar-refractivity contribution < 1.29 is 14.6 Å². The minimum atomic E-state index is -1.05. The van der Waals surface area contributed by atoms with Crippen molar-refractivity contribution in [2.45, 2.75) is 102 Å². The van der Waals surface area contributed by atoms with E-state index in [9.17, 15) is 5.11 Å². The normalized spacial score (nSPS) is 32.6. The summed E-state index contributed by atoms with van der Waals surface area (Å²) in [5, 5.41) is 11.0. The van der Waals surface area contributed by atoms with Gasteiger partial charge in [-0.25, -0.2) is 0 Å². The quantitative estimate of drug-likeness (QED) is 0.404. The van der Waals surface area contributed by atoms with Gasteiger partial charge in [-0.05, 0) is 45.6 Å². The molecule has 0 atom stereocenters. The van der Waals surface area contributed by atoms with E-state index < -0.39 is 13.7 Å². The fraction of sp³-hybridized carbons (Fsp3) is 1.00. The highest BCUT2D eigenvalue weighted by atomic mass is 28.3. The summed E-state index contributed by atoms with van der Waals surface area (Å²) in [5.74, 6) is 0. The Bertz CT molecular complexity index is 369. The van der Waals surface area contributed by atoms with Crippen LogP contribution in [0.15, 0.2) is 0 Å². The van der Waals surface area contributed by atoms with Crippen molar-refractivity contribution >= 4 is 8.07 Å². The molecule has 0 amide bonds. The van der Waals surface area contributed by atoms with E-state index in [1.807, 2.05) is 13.8 Å². The Balaban J connectivity index is 2.02. The molecule has 0 heterocycles. The van der Waals surface area contributed by atoms with Crippen LogP contribution < -0.4 is 0 Å². The van der Waals surface area contributed by atoms with Crippen LogP contribution >= 0.6 is 0 Å². The van der Waals surface area contributed by atoms with Crippen molar-refractivity contribution in [1.29, 1.82) is 0 Å². The first kappa shape index (κ1) is 19.4. The van der Waals surface area contributed by atoms with Gasteiger partial charge < -0.3 is 14.6 Å². The Hall–Kier alpha value is 0.0969. The van der Waals surface area contributed by atoms with Gasteiger partial charge in [-0.1, -0.05) is 45.3 Å². The molecule has 4 heteroatoms. The van der Waals surface area contributed by atoms with Crippen LogP contribution in [0.2, 0.25) is 25.7 Å². The second kappa shape index (κ2) is 7.15. The standard InChI is InChI=1S/C19H38O3Si/c1-17(2,20)18-10-6-8-12-19(18,13-9-7-11-18)22-16-21-14-15-23(3,4)5/h20H,6-16H2,1-5H3. The van der Waals surface area contributed by atoms with Crippen LogP contribution in [0, 0.1) is 5.41 Å². The van der Waals surface area contributed by atoms with Gasteiger partial charge in [0.1, 0.15) is 6.79 Å². The van der Waals surface area contributed by atoms with E-state index in [1.165, 1.54) is 31.7 Å². The average Bonchev–Trinajstić information content (AvgIpc) is 2.44. The van der Waals surface area contributed by atoms with Crippen molar-refractivity contribution in [2.24, 2.45) is 5.41 Å². The number of hydrogen-bond donors (Lipinski definition) is 1. The van der Waals surface area contributed by atoms with E-state index in [4.69, 9.17) is 9.47 Å². The Labute approximate surface area is 144 Å². The van der Waals surface area contributed by atoms with E-state index in [0.717, 1.165) is 32.3 Å². The van der Waals surface area contributed by atoms with E-state index >= 15 is 0 Å². The Morgan fingerprint density at radius 1 is 0.957 bits per heavy atom. The molecule has 0 aromatic heterocycles. The minimum Gasteiger partial charge on any atom is -0.390 e. The molecule has 0 radical (unpaired) electrons. The molecule has 0 bridgehead atoms. The van der Waals surface area contributed by atoms with Crippen LogP contribution in [-0.2, 0) is 9.47 Å². The smallest absolute Gasteiger partial charge is 0.147 e. The second-order valence-electron chi connectivity index (χ2n) is 9.53. The van der Waals surface area contributed by atoms with Crippen LogP contribution in [0.4, 0.5) is 0 Å². The van der Waals surface area contributed by atoms with Crippen LogP contribution in [0.5, 0.6) is 0 Å². The molecule has 0 aromatic carbocycles. The molecule has 0 saturated heterocycles. The lowest BCUT2D eigenvalue weighted by Gasteiger charge is -2.61. The molecule has 1 N–H and O–H groups in total. The number of rotatable bonds is 7. The van der Waals surface area contributed by atoms with Gasteiger partial charge in [0.05, 0.1) is 11.2 Å². The number of ether oxygens (including phenoxy) is 2. The third kappa shape index (κ3) is 4.20. The maximum atomic E-state index is 11.0. The lowest BCUT2D eigenvalue weighted by Crippen LogP contribution is -2.64. The highest BCUT2D eigenvalue weighted by Gasteiger charge is 2.61. The van der Waals surface area contributed by atoms with Gasteiger partial charge in [-0.3, -0.25) is 0 Å². The van der Waals surface area contributed by atoms with Gasteiger partial charge in [0.25, 0.3) is 0 Å². The maximum absolute atomic E-state index is 11.0. The number of aliphatic hydroxyl groups is 1. The molecule has 2 aliphatic rings. The average molecular weight is 343 g/mol. The summed E-state index contributed by atoms with van der Waals surface area (Å²) in [6.45, 7) is 12.3. The molecular formula is C19H38O3Si. The van der Waals surface area contributed by atoms with Gasteiger partial charge in [0.2, 0.25) is 0 Å². The Morgan fingerprint density at radius 3 is 1.96 bits per heavy atom. The van der Waals surface area contributed by atoms with Gasteiger partial charge in [-0.2, -0.15) is 0 Å². The van der Waals surface area contributed by atoms with Crippen LogP contribution in [0.3, 0.4) is 0 Å². The topological polar surface area (TPSA) is 38.7 Å². The fourth-order valence-corrected chi connectivity index (χ4v) is 5.66. The summed E-state index contributed by atoms with van der Waals surface area (Å²) in [4.78, 5) is 0. The summed E-state index contributed by atoms with van der Waals surface area (Å²) in [6.07, 6.45) is 9.19. The summed E-state index contributed by atoms with van der Waals surface area (Å²) in [7, 11) is -1.05. The first-order chi connectivity index (χ1) is 10.6. The zero-order chi connectivity index (χ0) is 17.2. The predicted molar refractivity (Wildman–Crippen MR) is 98.5 cm³/mol. The first-order valence-electron chi connectivity index (χ1n) is 9.56. The molecule has 2 fully saturated rings. The Morgan fingerprint density at radius 2 is 1.48 bits per heavy atom. The van der Waals surface area contributed by atoms with Gasteiger partial charge in [-0.15, -0.1) is 0 Å². The van der Waals surface area contributed by atoms with Crippen molar-refractivity contribution in [2.75, 3.05) is 13.4 Å². The molecule has 2 rings (SSSR count). The molecule has 0 aromatic rings. The molecule has 3 nitrogen and oxygen atoms in total. The van der Waals surface area contributed by atoms with E-state index in [2.05, 4.69) is 19.6 Å². The SMILES string of the molecule is CC(C)(O)C12CCCCC1(OCOCC[Si](C)(C)C)CCCC2. The molecule has 23 heavy (non-hydrogen) atoms. The zero-order valence-electron chi connectivity index (χ0n) is 16.0. The van der Waals surface area contributed by atoms with Crippen molar-refractivity contribution in [3.05, 3.63) is 0 Å². The molecule has 0 aliphatic heterocycles. The molecule has 0 unspecified atom stereocenters. The first-order valence-corrected chi connectivity index (χ1v) is 13.3. The van der Waals surface area contributed by atoms with Gasteiger partial charge in [0, 0.05) is 20.1 Å². The minimum absolute atomic E-state index is 0.0986. The van der Waals surface area contributed by atoms with Gasteiger partial charge >= 0.3 is 0 Å². The molecule has 136 valence electrons. The van der Waals surface area contributed by atoms with Crippen LogP contribution in [-0.4, -0.2) is 37.8 Å². The summed E-state index contributed by atoms with van der Waals surface area (Å²) < 4.78 is 12.3. The monoisotopic (exact) mass is 342 g/mol. The number of fused-ring (bicyclic) bond motifs is 1. The number of hydrogen-bond acceptors (Lipinski definition) is 3.